The third-order valence-corrected chi connectivity index (χ3v) is 4.55. The minimum Gasteiger partial charge on any atom is -0.489 e. The van der Waals surface area contributed by atoms with Crippen molar-refractivity contribution in [3.05, 3.63) is 100 Å². The molecule has 0 aliphatic carbocycles. The molecule has 0 saturated heterocycles. The van der Waals surface area contributed by atoms with E-state index < -0.39 is 6.10 Å². The molecule has 0 bridgehead atoms. The van der Waals surface area contributed by atoms with Crippen LogP contribution in [0.2, 0.25) is 5.02 Å². The van der Waals surface area contributed by atoms with Gasteiger partial charge in [-0.3, -0.25) is 0 Å². The van der Waals surface area contributed by atoms with Crippen LogP contribution in [-0.4, -0.2) is 11.7 Å². The normalized spacial score (nSPS) is 12.0. The first kappa shape index (κ1) is 19.4. The van der Waals surface area contributed by atoms with Crippen molar-refractivity contribution in [3.63, 3.8) is 0 Å². The zero-order valence-corrected chi connectivity index (χ0v) is 15.5. The topological polar surface area (TPSA) is 41.5 Å². The van der Waals surface area contributed by atoms with E-state index in [9.17, 15) is 9.50 Å². The van der Waals surface area contributed by atoms with Gasteiger partial charge in [0.05, 0.1) is 11.1 Å². The Balaban J connectivity index is 1.53. The van der Waals surface area contributed by atoms with Crippen LogP contribution in [0.4, 0.5) is 4.39 Å². The second-order valence-corrected chi connectivity index (χ2v) is 6.60. The Labute approximate surface area is 163 Å². The predicted molar refractivity (Wildman–Crippen MR) is 105 cm³/mol. The summed E-state index contributed by atoms with van der Waals surface area (Å²) >= 11 is 6.02. The van der Waals surface area contributed by atoms with Gasteiger partial charge in [-0.2, -0.15) is 0 Å². The molecule has 27 heavy (non-hydrogen) atoms. The number of halogens is 2. The highest BCUT2D eigenvalue weighted by atomic mass is 35.5. The van der Waals surface area contributed by atoms with E-state index in [0.717, 1.165) is 11.1 Å². The summed E-state index contributed by atoms with van der Waals surface area (Å²) in [4.78, 5) is 0. The molecule has 2 N–H and O–H groups in total. The average molecular weight is 386 g/mol. The van der Waals surface area contributed by atoms with E-state index in [4.69, 9.17) is 16.3 Å². The number of hydrogen-bond donors (Lipinski definition) is 2. The van der Waals surface area contributed by atoms with Crippen molar-refractivity contribution in [2.45, 2.75) is 19.3 Å². The van der Waals surface area contributed by atoms with Crippen LogP contribution in [0.15, 0.2) is 72.8 Å². The van der Waals surface area contributed by atoms with Crippen molar-refractivity contribution >= 4 is 11.6 Å². The van der Waals surface area contributed by atoms with Gasteiger partial charge in [0, 0.05) is 18.7 Å². The lowest BCUT2D eigenvalue weighted by atomic mass is 10.1. The third-order valence-electron chi connectivity index (χ3n) is 4.19. The number of rotatable bonds is 8. The van der Waals surface area contributed by atoms with Crippen LogP contribution in [0.25, 0.3) is 0 Å². The first-order valence-corrected chi connectivity index (χ1v) is 9.09. The molecule has 0 heterocycles. The maximum absolute atomic E-state index is 13.8. The molecule has 5 heteroatoms. The second-order valence-electron chi connectivity index (χ2n) is 6.19. The number of benzene rings is 3. The van der Waals surface area contributed by atoms with E-state index in [2.05, 4.69) is 5.32 Å². The van der Waals surface area contributed by atoms with E-state index in [0.29, 0.717) is 29.4 Å². The molecule has 0 radical (unpaired) electrons. The van der Waals surface area contributed by atoms with Gasteiger partial charge in [-0.1, -0.05) is 60.1 Å². The standard InChI is InChI=1S/C22H21ClFNO2/c23-20-10-5-11-21(24)19(20)15-27-18-9-4-6-16(12-18)13-25-14-22(26)17-7-2-1-3-8-17/h1-12,22,25-26H,13-15H2/t22-/m1/s1. The Kier molecular flexibility index (Phi) is 6.82. The molecule has 0 unspecified atom stereocenters. The lowest BCUT2D eigenvalue weighted by Crippen LogP contribution is -2.21. The Morgan fingerprint density at radius 2 is 1.78 bits per heavy atom. The lowest BCUT2D eigenvalue weighted by Gasteiger charge is -2.13. The largest absolute Gasteiger partial charge is 0.489 e. The molecule has 0 amide bonds. The molecule has 3 aromatic rings. The van der Waals surface area contributed by atoms with E-state index in [1.165, 1.54) is 6.07 Å². The van der Waals surface area contributed by atoms with Crippen LogP contribution in [0.3, 0.4) is 0 Å². The second kappa shape index (κ2) is 9.51. The fourth-order valence-electron chi connectivity index (χ4n) is 2.72. The van der Waals surface area contributed by atoms with Crippen molar-refractivity contribution in [2.75, 3.05) is 6.54 Å². The van der Waals surface area contributed by atoms with Gasteiger partial charge < -0.3 is 15.2 Å². The molecule has 140 valence electrons. The van der Waals surface area contributed by atoms with E-state index >= 15 is 0 Å². The summed E-state index contributed by atoms with van der Waals surface area (Å²) < 4.78 is 19.5. The maximum atomic E-state index is 13.8. The molecule has 3 rings (SSSR count). The number of aliphatic hydroxyl groups is 1. The first-order chi connectivity index (χ1) is 13.1. The smallest absolute Gasteiger partial charge is 0.131 e. The highest BCUT2D eigenvalue weighted by molar-refractivity contribution is 6.31. The molecule has 1 atom stereocenters. The van der Waals surface area contributed by atoms with Gasteiger partial charge in [-0.25, -0.2) is 4.39 Å². The Bertz CT molecular complexity index is 853. The summed E-state index contributed by atoms with van der Waals surface area (Å²) in [5.41, 5.74) is 2.23. The van der Waals surface area contributed by atoms with Crippen LogP contribution in [0.5, 0.6) is 5.75 Å². The number of hydrogen-bond acceptors (Lipinski definition) is 3. The SMILES string of the molecule is O[C@H](CNCc1cccc(OCc2c(F)cccc2Cl)c1)c1ccccc1. The molecule has 0 aliphatic rings. The van der Waals surface area contributed by atoms with Crippen LogP contribution >= 0.6 is 11.6 Å². The van der Waals surface area contributed by atoms with Crippen molar-refractivity contribution in [2.24, 2.45) is 0 Å². The molecule has 0 aliphatic heterocycles. The summed E-state index contributed by atoms with van der Waals surface area (Å²) in [5.74, 6) is 0.257. The molecular formula is C22H21ClFNO2. The molecule has 0 fully saturated rings. The zero-order chi connectivity index (χ0) is 19.1. The summed E-state index contributed by atoms with van der Waals surface area (Å²) in [7, 11) is 0. The summed E-state index contributed by atoms with van der Waals surface area (Å²) in [6.45, 7) is 1.09. The van der Waals surface area contributed by atoms with Crippen molar-refractivity contribution in [3.8, 4) is 5.75 Å². The fraction of sp³-hybridized carbons (Fsp3) is 0.182. The van der Waals surface area contributed by atoms with Gasteiger partial charge in [0.2, 0.25) is 0 Å². The van der Waals surface area contributed by atoms with Crippen molar-refractivity contribution in [1.82, 2.24) is 5.32 Å². The van der Waals surface area contributed by atoms with Gasteiger partial charge in [0.15, 0.2) is 0 Å². The Morgan fingerprint density at radius 3 is 2.56 bits per heavy atom. The Morgan fingerprint density at radius 1 is 1.00 bits per heavy atom. The van der Waals surface area contributed by atoms with Gasteiger partial charge in [0.1, 0.15) is 18.2 Å². The highest BCUT2D eigenvalue weighted by Crippen LogP contribution is 2.22. The first-order valence-electron chi connectivity index (χ1n) is 8.72. The van der Waals surface area contributed by atoms with Crippen LogP contribution in [0, 0.1) is 5.82 Å². The summed E-state index contributed by atoms with van der Waals surface area (Å²) in [6.07, 6.45) is -0.561. The van der Waals surface area contributed by atoms with Crippen LogP contribution in [-0.2, 0) is 13.2 Å². The minimum atomic E-state index is -0.561. The van der Waals surface area contributed by atoms with E-state index in [1.54, 1.807) is 12.1 Å². The summed E-state index contributed by atoms with van der Waals surface area (Å²) in [6, 6.07) is 21.6. The number of ether oxygens (including phenoxy) is 1. The monoisotopic (exact) mass is 385 g/mol. The minimum absolute atomic E-state index is 0.0646. The van der Waals surface area contributed by atoms with Crippen molar-refractivity contribution in [1.29, 1.82) is 0 Å². The quantitative estimate of drug-likeness (QED) is 0.580. The maximum Gasteiger partial charge on any atom is 0.131 e. The van der Waals surface area contributed by atoms with E-state index in [-0.39, 0.29) is 12.4 Å². The molecule has 3 nitrogen and oxygen atoms in total. The molecule has 0 spiro atoms. The number of aliphatic hydroxyl groups excluding tert-OH is 1. The molecule has 3 aromatic carbocycles. The van der Waals surface area contributed by atoms with Crippen molar-refractivity contribution < 1.29 is 14.2 Å². The Hall–Kier alpha value is -2.40. The number of nitrogens with one attached hydrogen (secondary N) is 1. The van der Waals surface area contributed by atoms with Gasteiger partial charge >= 0.3 is 0 Å². The third kappa shape index (κ3) is 5.54. The highest BCUT2D eigenvalue weighted by Gasteiger charge is 2.09. The lowest BCUT2D eigenvalue weighted by molar-refractivity contribution is 0.174. The molecule has 0 aromatic heterocycles. The fourth-order valence-corrected chi connectivity index (χ4v) is 2.93. The van der Waals surface area contributed by atoms with E-state index in [1.807, 2.05) is 54.6 Å². The average Bonchev–Trinajstić information content (AvgIpc) is 2.68. The molecule has 0 saturated carbocycles. The van der Waals surface area contributed by atoms with Gasteiger partial charge in [0.25, 0.3) is 0 Å². The predicted octanol–water partition coefficient (Wildman–Crippen LogP) is 4.88. The molecular weight excluding hydrogens is 365 g/mol. The summed E-state index contributed by atoms with van der Waals surface area (Å²) in [5, 5.41) is 13.8. The van der Waals surface area contributed by atoms with Crippen LogP contribution in [0.1, 0.15) is 22.8 Å². The zero-order valence-electron chi connectivity index (χ0n) is 14.7. The van der Waals surface area contributed by atoms with Crippen LogP contribution < -0.4 is 10.1 Å². The van der Waals surface area contributed by atoms with Gasteiger partial charge in [-0.15, -0.1) is 0 Å². The van der Waals surface area contributed by atoms with Gasteiger partial charge in [-0.05, 0) is 35.4 Å².